The highest BCUT2D eigenvalue weighted by molar-refractivity contribution is 5.71. The summed E-state index contributed by atoms with van der Waals surface area (Å²) >= 11 is 0. The van der Waals surface area contributed by atoms with Gasteiger partial charge in [-0.1, -0.05) is 49.1 Å². The topological polar surface area (TPSA) is 17.1 Å². The number of rotatable bonds is 2. The molecule has 14 heavy (non-hydrogen) atoms. The first-order valence-electron chi connectivity index (χ1n) is 4.50. The molecule has 74 valence electrons. The second kappa shape index (κ2) is 7.99. The van der Waals surface area contributed by atoms with E-state index in [1.54, 1.807) is 13.0 Å². The van der Waals surface area contributed by atoms with Crippen LogP contribution in [0.1, 0.15) is 19.4 Å². The van der Waals surface area contributed by atoms with Crippen molar-refractivity contribution in [3.05, 3.63) is 54.1 Å². The van der Waals surface area contributed by atoms with E-state index in [1.165, 1.54) is 5.56 Å². The van der Waals surface area contributed by atoms with Crippen LogP contribution >= 0.6 is 0 Å². The Morgan fingerprint density at radius 2 is 1.86 bits per heavy atom. The molecule has 0 heterocycles. The molecule has 0 fully saturated rings. The second-order valence-corrected chi connectivity index (χ2v) is 2.77. The predicted molar refractivity (Wildman–Crippen MR) is 62.0 cm³/mol. The van der Waals surface area contributed by atoms with Crippen molar-refractivity contribution in [1.29, 1.82) is 0 Å². The van der Waals surface area contributed by atoms with Crippen LogP contribution in [0.4, 0.5) is 0 Å². The maximum absolute atomic E-state index is 9.67. The molecule has 0 aliphatic carbocycles. The highest BCUT2D eigenvalue weighted by Gasteiger charge is 1.75. The number of benzene rings is 1. The molecular formula is C13H16O. The Labute approximate surface area is 85.8 Å². The van der Waals surface area contributed by atoms with Crippen LogP contribution in [0.2, 0.25) is 0 Å². The summed E-state index contributed by atoms with van der Waals surface area (Å²) in [7, 11) is 0. The number of allylic oxidation sites excluding steroid dienone is 2. The first-order chi connectivity index (χ1) is 6.74. The first-order valence-corrected chi connectivity index (χ1v) is 4.50. The molecule has 1 heteroatoms. The smallest absolute Gasteiger partial charge is 0.145 e. The maximum atomic E-state index is 9.67. The zero-order chi connectivity index (χ0) is 10.8. The van der Waals surface area contributed by atoms with Crippen LogP contribution in [-0.4, -0.2) is 6.29 Å². The Morgan fingerprint density at radius 3 is 2.07 bits per heavy atom. The van der Waals surface area contributed by atoms with Crippen LogP contribution in [0, 0.1) is 0 Å². The minimum atomic E-state index is 0.787. The second-order valence-electron chi connectivity index (χ2n) is 2.77. The van der Waals surface area contributed by atoms with Gasteiger partial charge >= 0.3 is 0 Å². The Bertz CT molecular complexity index is 296. The summed E-state index contributed by atoms with van der Waals surface area (Å²) in [5.41, 5.74) is 1.96. The molecule has 0 bridgehead atoms. The average molecular weight is 188 g/mol. The molecular weight excluding hydrogens is 172 g/mol. The van der Waals surface area contributed by atoms with E-state index in [0.717, 1.165) is 11.9 Å². The number of hydrogen-bond donors (Lipinski definition) is 0. The SMILES string of the molecule is C/C=C(/C)C=O.C=Cc1ccccc1. The summed E-state index contributed by atoms with van der Waals surface area (Å²) < 4.78 is 0. The molecule has 1 nitrogen and oxygen atoms in total. The zero-order valence-electron chi connectivity index (χ0n) is 8.73. The monoisotopic (exact) mass is 188 g/mol. The summed E-state index contributed by atoms with van der Waals surface area (Å²) in [6, 6.07) is 10.0. The van der Waals surface area contributed by atoms with Gasteiger partial charge in [0.25, 0.3) is 0 Å². The van der Waals surface area contributed by atoms with Crippen LogP contribution in [0.15, 0.2) is 48.6 Å². The van der Waals surface area contributed by atoms with E-state index >= 15 is 0 Å². The molecule has 0 aliphatic heterocycles. The molecule has 0 saturated carbocycles. The fourth-order valence-electron chi connectivity index (χ4n) is 0.657. The standard InChI is InChI=1S/C8H8.C5H8O/c1-2-8-6-4-3-5-7-8;1-3-5(2)4-6/h2-7H,1H2;3-4H,1-2H3/b;5-3-. The highest BCUT2D eigenvalue weighted by Crippen LogP contribution is 1.97. The van der Waals surface area contributed by atoms with Crippen LogP contribution in [-0.2, 0) is 4.79 Å². The Hall–Kier alpha value is -1.63. The van der Waals surface area contributed by atoms with Crippen molar-refractivity contribution in [1.82, 2.24) is 0 Å². The zero-order valence-corrected chi connectivity index (χ0v) is 8.73. The lowest BCUT2D eigenvalue weighted by Crippen LogP contribution is -1.69. The Kier molecular flexibility index (Phi) is 7.06. The molecule has 0 saturated heterocycles. The minimum absolute atomic E-state index is 0.787. The number of hydrogen-bond acceptors (Lipinski definition) is 1. The summed E-state index contributed by atoms with van der Waals surface area (Å²) in [6.45, 7) is 7.24. The molecule has 0 aromatic heterocycles. The molecule has 0 amide bonds. The molecule has 0 radical (unpaired) electrons. The van der Waals surface area contributed by atoms with E-state index in [0.29, 0.717) is 0 Å². The quantitative estimate of drug-likeness (QED) is 0.513. The Morgan fingerprint density at radius 1 is 1.29 bits per heavy atom. The van der Waals surface area contributed by atoms with Gasteiger partial charge in [0.1, 0.15) is 6.29 Å². The summed E-state index contributed by atoms with van der Waals surface area (Å²) in [4.78, 5) is 9.67. The molecule has 0 spiro atoms. The molecule has 1 rings (SSSR count). The van der Waals surface area contributed by atoms with Gasteiger partial charge in [-0.05, 0) is 25.0 Å². The van der Waals surface area contributed by atoms with Gasteiger partial charge in [0.2, 0.25) is 0 Å². The van der Waals surface area contributed by atoms with Crippen molar-refractivity contribution < 1.29 is 4.79 Å². The third-order valence-corrected chi connectivity index (χ3v) is 1.68. The maximum Gasteiger partial charge on any atom is 0.145 e. The van der Waals surface area contributed by atoms with Crippen molar-refractivity contribution in [2.45, 2.75) is 13.8 Å². The average Bonchev–Trinajstić information content (AvgIpc) is 2.30. The van der Waals surface area contributed by atoms with E-state index < -0.39 is 0 Å². The van der Waals surface area contributed by atoms with Crippen molar-refractivity contribution in [3.8, 4) is 0 Å². The van der Waals surface area contributed by atoms with E-state index in [2.05, 4.69) is 6.58 Å². The van der Waals surface area contributed by atoms with E-state index in [1.807, 2.05) is 43.3 Å². The summed E-state index contributed by atoms with van der Waals surface area (Å²) in [5, 5.41) is 0. The minimum Gasteiger partial charge on any atom is -0.298 e. The van der Waals surface area contributed by atoms with Crippen LogP contribution < -0.4 is 0 Å². The van der Waals surface area contributed by atoms with Crippen LogP contribution in [0.5, 0.6) is 0 Å². The molecule has 1 aromatic rings. The largest absolute Gasteiger partial charge is 0.298 e. The fourth-order valence-corrected chi connectivity index (χ4v) is 0.657. The first kappa shape index (κ1) is 12.4. The molecule has 0 atom stereocenters. The molecule has 0 N–H and O–H groups in total. The lowest BCUT2D eigenvalue weighted by atomic mass is 10.2. The van der Waals surface area contributed by atoms with Crippen molar-refractivity contribution >= 4 is 12.4 Å². The van der Waals surface area contributed by atoms with E-state index in [4.69, 9.17) is 0 Å². The highest BCUT2D eigenvalue weighted by atomic mass is 16.1. The number of aldehydes is 1. The normalized spacial score (nSPS) is 9.71. The van der Waals surface area contributed by atoms with E-state index in [-0.39, 0.29) is 0 Å². The third kappa shape index (κ3) is 5.95. The summed E-state index contributed by atoms with van der Waals surface area (Å²) in [6.07, 6.45) is 4.44. The number of carbonyl (C=O) groups is 1. The van der Waals surface area contributed by atoms with E-state index in [9.17, 15) is 4.79 Å². The van der Waals surface area contributed by atoms with Gasteiger partial charge in [0, 0.05) is 0 Å². The van der Waals surface area contributed by atoms with Crippen molar-refractivity contribution in [2.24, 2.45) is 0 Å². The lowest BCUT2D eigenvalue weighted by Gasteiger charge is -1.85. The van der Waals surface area contributed by atoms with Gasteiger partial charge in [-0.25, -0.2) is 0 Å². The number of carbonyl (C=O) groups excluding carboxylic acids is 1. The van der Waals surface area contributed by atoms with Gasteiger partial charge in [0.15, 0.2) is 0 Å². The predicted octanol–water partition coefficient (Wildman–Crippen LogP) is 3.48. The van der Waals surface area contributed by atoms with Crippen molar-refractivity contribution in [2.75, 3.05) is 0 Å². The molecule has 0 aliphatic rings. The van der Waals surface area contributed by atoms with Gasteiger partial charge in [-0.3, -0.25) is 4.79 Å². The van der Waals surface area contributed by atoms with Crippen LogP contribution in [0.3, 0.4) is 0 Å². The third-order valence-electron chi connectivity index (χ3n) is 1.68. The van der Waals surface area contributed by atoms with Crippen LogP contribution in [0.25, 0.3) is 6.08 Å². The molecule has 0 unspecified atom stereocenters. The van der Waals surface area contributed by atoms with Crippen molar-refractivity contribution in [3.63, 3.8) is 0 Å². The Balaban J connectivity index is 0.000000255. The van der Waals surface area contributed by atoms with Gasteiger partial charge in [-0.2, -0.15) is 0 Å². The lowest BCUT2D eigenvalue weighted by molar-refractivity contribution is -0.104. The van der Waals surface area contributed by atoms with Gasteiger partial charge in [0.05, 0.1) is 0 Å². The summed E-state index contributed by atoms with van der Waals surface area (Å²) in [5.74, 6) is 0. The fraction of sp³-hybridized carbons (Fsp3) is 0.154. The van der Waals surface area contributed by atoms with Gasteiger partial charge in [-0.15, -0.1) is 0 Å². The molecule has 1 aromatic carbocycles. The van der Waals surface area contributed by atoms with Gasteiger partial charge < -0.3 is 0 Å².